The van der Waals surface area contributed by atoms with Crippen LogP contribution in [0.4, 0.5) is 0 Å². The monoisotopic (exact) mass is 417 g/mol. The van der Waals surface area contributed by atoms with Gasteiger partial charge in [0, 0.05) is 24.7 Å². The smallest absolute Gasteiger partial charge is 0.336 e. The molecule has 1 fully saturated rings. The zero-order valence-electron chi connectivity index (χ0n) is 18.9. The Morgan fingerprint density at radius 3 is 2.16 bits per heavy atom. The number of hydrogen-bond acceptors (Lipinski definition) is 3. The van der Waals surface area contributed by atoms with Crippen molar-refractivity contribution < 1.29 is 9.53 Å². The first-order valence-corrected chi connectivity index (χ1v) is 11.6. The minimum Gasteiger partial charge on any atom is -0.426 e. The number of benzene rings is 2. The lowest BCUT2D eigenvalue weighted by Crippen LogP contribution is -2.23. The fourth-order valence-electron chi connectivity index (χ4n) is 3.93. The summed E-state index contributed by atoms with van der Waals surface area (Å²) in [7, 11) is 0. The summed E-state index contributed by atoms with van der Waals surface area (Å²) in [5.74, 6) is 1.22. The van der Waals surface area contributed by atoms with Gasteiger partial charge in [-0.15, -0.1) is 0 Å². The van der Waals surface area contributed by atoms with Crippen LogP contribution >= 0.6 is 0 Å². The molecular weight excluding hydrogens is 382 g/mol. The van der Waals surface area contributed by atoms with E-state index in [1.807, 2.05) is 60.7 Å². The van der Waals surface area contributed by atoms with Crippen LogP contribution in [-0.4, -0.2) is 12.5 Å². The largest absolute Gasteiger partial charge is 0.426 e. The van der Waals surface area contributed by atoms with Crippen LogP contribution in [-0.2, 0) is 9.53 Å². The minimum absolute atomic E-state index is 0.304. The maximum Gasteiger partial charge on any atom is 0.336 e. The third-order valence-electron chi connectivity index (χ3n) is 5.62. The van der Waals surface area contributed by atoms with Gasteiger partial charge < -0.3 is 10.1 Å². The first kappa shape index (κ1) is 22.9. The van der Waals surface area contributed by atoms with E-state index < -0.39 is 0 Å². The molecule has 0 spiro atoms. The summed E-state index contributed by atoms with van der Waals surface area (Å²) >= 11 is 0. The van der Waals surface area contributed by atoms with Gasteiger partial charge in [0.2, 0.25) is 0 Å². The number of esters is 1. The van der Waals surface area contributed by atoms with Crippen molar-refractivity contribution >= 4 is 11.5 Å². The molecule has 3 heteroatoms. The standard InChI is InChI=1S/C28H35NO2/c1-22(2)13-9-10-19-27(26-18-11-12-20-29-26)31-28(30)21-25(23-14-5-3-6-15-23)24-16-7-4-8-17-24/h3-8,14-17,21-22,29H,9-13,18-20H2,1-2H3/b27-26+. The average molecular weight is 418 g/mol. The van der Waals surface area contributed by atoms with Crippen molar-refractivity contribution in [2.24, 2.45) is 5.92 Å². The molecule has 31 heavy (non-hydrogen) atoms. The summed E-state index contributed by atoms with van der Waals surface area (Å²) < 4.78 is 5.97. The lowest BCUT2D eigenvalue weighted by Gasteiger charge is -2.21. The number of rotatable bonds is 9. The molecule has 0 radical (unpaired) electrons. The fraction of sp³-hybridized carbons (Fsp3) is 0.393. The van der Waals surface area contributed by atoms with Crippen molar-refractivity contribution in [2.75, 3.05) is 6.54 Å². The maximum absolute atomic E-state index is 13.0. The Morgan fingerprint density at radius 1 is 0.968 bits per heavy atom. The number of hydrogen-bond donors (Lipinski definition) is 1. The highest BCUT2D eigenvalue weighted by atomic mass is 16.5. The summed E-state index contributed by atoms with van der Waals surface area (Å²) in [4.78, 5) is 13.0. The normalized spacial score (nSPS) is 15.2. The number of carbonyl (C=O) groups excluding carboxylic acids is 1. The first-order chi connectivity index (χ1) is 15.1. The SMILES string of the molecule is CC(C)CCCC/C(OC(=O)C=C(c1ccccc1)c1ccccc1)=C1/CCCCN1. The van der Waals surface area contributed by atoms with E-state index in [9.17, 15) is 4.79 Å². The molecule has 0 amide bonds. The van der Waals surface area contributed by atoms with Crippen LogP contribution in [0.1, 0.15) is 69.9 Å². The van der Waals surface area contributed by atoms with E-state index in [4.69, 9.17) is 4.74 Å². The molecule has 3 nitrogen and oxygen atoms in total. The molecule has 164 valence electrons. The Bertz CT molecular complexity index is 832. The van der Waals surface area contributed by atoms with Crippen molar-refractivity contribution in [3.63, 3.8) is 0 Å². The Labute approximate surface area is 187 Å². The van der Waals surface area contributed by atoms with Crippen molar-refractivity contribution in [3.8, 4) is 0 Å². The second-order valence-electron chi connectivity index (χ2n) is 8.64. The highest BCUT2D eigenvalue weighted by molar-refractivity contribution is 5.96. The van der Waals surface area contributed by atoms with Crippen molar-refractivity contribution in [3.05, 3.63) is 89.3 Å². The van der Waals surface area contributed by atoms with Crippen LogP contribution in [0, 0.1) is 5.92 Å². The molecule has 0 saturated carbocycles. The summed E-state index contributed by atoms with van der Waals surface area (Å²) in [5, 5.41) is 3.47. The molecule has 2 aromatic carbocycles. The van der Waals surface area contributed by atoms with Crippen molar-refractivity contribution in [1.82, 2.24) is 5.32 Å². The van der Waals surface area contributed by atoms with Crippen LogP contribution in [0.5, 0.6) is 0 Å². The van der Waals surface area contributed by atoms with E-state index in [2.05, 4.69) is 19.2 Å². The second kappa shape index (κ2) is 12.1. The maximum atomic E-state index is 13.0. The van der Waals surface area contributed by atoms with Gasteiger partial charge in [-0.2, -0.15) is 0 Å². The van der Waals surface area contributed by atoms with E-state index in [0.29, 0.717) is 5.92 Å². The number of piperidine rings is 1. The minimum atomic E-state index is -0.304. The van der Waals surface area contributed by atoms with Crippen molar-refractivity contribution in [1.29, 1.82) is 0 Å². The molecule has 1 aliphatic heterocycles. The predicted molar refractivity (Wildman–Crippen MR) is 128 cm³/mol. The van der Waals surface area contributed by atoms with Crippen LogP contribution in [0.15, 0.2) is 78.2 Å². The van der Waals surface area contributed by atoms with E-state index in [-0.39, 0.29) is 5.97 Å². The van der Waals surface area contributed by atoms with Gasteiger partial charge in [-0.3, -0.25) is 0 Å². The van der Waals surface area contributed by atoms with Crippen molar-refractivity contribution in [2.45, 2.75) is 58.8 Å². The summed E-state index contributed by atoms with van der Waals surface area (Å²) in [5.41, 5.74) is 4.01. The molecule has 0 atom stereocenters. The molecule has 3 rings (SSSR count). The van der Waals surface area contributed by atoms with Crippen LogP contribution in [0.2, 0.25) is 0 Å². The average Bonchev–Trinajstić information content (AvgIpc) is 2.81. The fourth-order valence-corrected chi connectivity index (χ4v) is 3.93. The Kier molecular flexibility index (Phi) is 8.96. The number of carbonyl (C=O) groups is 1. The number of unbranched alkanes of at least 4 members (excludes halogenated alkanes) is 1. The second-order valence-corrected chi connectivity index (χ2v) is 8.64. The van der Waals surface area contributed by atoms with Gasteiger partial charge in [0.15, 0.2) is 0 Å². The van der Waals surface area contributed by atoms with Crippen LogP contribution in [0.3, 0.4) is 0 Å². The molecule has 1 aliphatic rings. The zero-order chi connectivity index (χ0) is 21.9. The van der Waals surface area contributed by atoms with E-state index in [1.165, 1.54) is 12.8 Å². The summed E-state index contributed by atoms with van der Waals surface area (Å²) in [6, 6.07) is 20.0. The quantitative estimate of drug-likeness (QED) is 0.209. The third kappa shape index (κ3) is 7.43. The molecule has 1 heterocycles. The summed E-state index contributed by atoms with van der Waals surface area (Å²) in [6.07, 6.45) is 9.12. The number of allylic oxidation sites excluding steroid dienone is 2. The highest BCUT2D eigenvalue weighted by Gasteiger charge is 2.16. The van der Waals surface area contributed by atoms with E-state index >= 15 is 0 Å². The van der Waals surface area contributed by atoms with Gasteiger partial charge in [-0.05, 0) is 48.3 Å². The molecule has 0 aliphatic carbocycles. The van der Waals surface area contributed by atoms with Crippen LogP contribution in [0.25, 0.3) is 5.57 Å². The van der Waals surface area contributed by atoms with Gasteiger partial charge in [0.05, 0.1) is 0 Å². The van der Waals surface area contributed by atoms with Gasteiger partial charge in [0.1, 0.15) is 5.76 Å². The lowest BCUT2D eigenvalue weighted by molar-refractivity contribution is -0.134. The van der Waals surface area contributed by atoms with Gasteiger partial charge >= 0.3 is 5.97 Å². The number of nitrogens with one attached hydrogen (secondary N) is 1. The number of ether oxygens (including phenoxy) is 1. The molecule has 0 aromatic heterocycles. The van der Waals surface area contributed by atoms with Gasteiger partial charge in [-0.1, -0.05) is 87.4 Å². The summed E-state index contributed by atoms with van der Waals surface area (Å²) in [6.45, 7) is 5.46. The topological polar surface area (TPSA) is 38.3 Å². The Morgan fingerprint density at radius 2 is 1.61 bits per heavy atom. The zero-order valence-corrected chi connectivity index (χ0v) is 18.9. The van der Waals surface area contributed by atoms with Gasteiger partial charge in [-0.25, -0.2) is 4.79 Å². The van der Waals surface area contributed by atoms with Gasteiger partial charge in [0.25, 0.3) is 0 Å². The highest BCUT2D eigenvalue weighted by Crippen LogP contribution is 2.25. The first-order valence-electron chi connectivity index (χ1n) is 11.6. The van der Waals surface area contributed by atoms with Crippen LogP contribution < -0.4 is 5.32 Å². The molecule has 0 bridgehead atoms. The molecule has 1 saturated heterocycles. The Hall–Kier alpha value is -2.81. The molecule has 1 N–H and O–H groups in total. The third-order valence-corrected chi connectivity index (χ3v) is 5.62. The predicted octanol–water partition coefficient (Wildman–Crippen LogP) is 6.86. The molecule has 2 aromatic rings. The van der Waals surface area contributed by atoms with E-state index in [1.54, 1.807) is 6.08 Å². The van der Waals surface area contributed by atoms with E-state index in [0.717, 1.165) is 66.8 Å². The molecule has 0 unspecified atom stereocenters. The Balaban J connectivity index is 1.80. The molecular formula is C28H35NO2. The lowest BCUT2D eigenvalue weighted by atomic mass is 9.97.